The van der Waals surface area contributed by atoms with Gasteiger partial charge >= 0.3 is 5.97 Å². The van der Waals surface area contributed by atoms with Crippen LogP contribution < -0.4 is 14.8 Å². The minimum atomic E-state index is -4.05. The average Bonchev–Trinajstić information content (AvgIpc) is 2.85. The van der Waals surface area contributed by atoms with Crippen LogP contribution in [0.15, 0.2) is 84.0 Å². The van der Waals surface area contributed by atoms with Gasteiger partial charge in [-0.05, 0) is 66.9 Å². The highest BCUT2D eigenvalue weighted by Crippen LogP contribution is 2.13. The second-order valence-corrected chi connectivity index (χ2v) is 9.08. The van der Waals surface area contributed by atoms with Crippen LogP contribution in [0, 0.1) is 0 Å². The summed E-state index contributed by atoms with van der Waals surface area (Å²) in [4.78, 5) is 27.8. The average molecular weight is 484 g/mol. The molecule has 0 aliphatic carbocycles. The van der Waals surface area contributed by atoms with E-state index < -0.39 is 34.5 Å². The summed E-state index contributed by atoms with van der Waals surface area (Å²) >= 11 is 0. The zero-order valence-corrected chi connectivity index (χ0v) is 19.1. The number of benzene rings is 2. The maximum atomic E-state index is 12.4. The summed E-state index contributed by atoms with van der Waals surface area (Å²) in [6.07, 6.45) is 5.18. The maximum Gasteiger partial charge on any atom is 0.323 e. The van der Waals surface area contributed by atoms with Crippen molar-refractivity contribution in [2.24, 2.45) is 0 Å². The molecule has 3 N–H and O–H groups in total. The molecule has 0 aliphatic heterocycles. The Kier molecular flexibility index (Phi) is 8.72. The van der Waals surface area contributed by atoms with E-state index in [2.05, 4.69) is 15.0 Å². The Hall–Kier alpha value is -3.76. The van der Waals surface area contributed by atoms with Gasteiger partial charge in [-0.1, -0.05) is 18.2 Å². The van der Waals surface area contributed by atoms with Crippen LogP contribution >= 0.6 is 0 Å². The fourth-order valence-electron chi connectivity index (χ4n) is 3.05. The number of sulfonamides is 1. The molecule has 3 aromatic rings. The van der Waals surface area contributed by atoms with Gasteiger partial charge in [0, 0.05) is 24.5 Å². The van der Waals surface area contributed by atoms with Gasteiger partial charge in [0.05, 0.1) is 11.5 Å². The van der Waals surface area contributed by atoms with Crippen LogP contribution in [0.2, 0.25) is 0 Å². The first-order valence-electron chi connectivity index (χ1n) is 10.6. The Morgan fingerprint density at radius 1 is 0.971 bits per heavy atom. The van der Waals surface area contributed by atoms with Crippen molar-refractivity contribution in [1.82, 2.24) is 15.0 Å². The SMILES string of the molecule is O=C(NC[C@H](NS(=O)(=O)c1ccccc1)C(=O)O)c1ccc(OCCCc2ccncc2)cc1. The van der Waals surface area contributed by atoms with Gasteiger partial charge in [-0.15, -0.1) is 0 Å². The molecular formula is C24H25N3O6S. The van der Waals surface area contributed by atoms with Crippen molar-refractivity contribution >= 4 is 21.9 Å². The number of nitrogens with one attached hydrogen (secondary N) is 2. The summed E-state index contributed by atoms with van der Waals surface area (Å²) in [5, 5.41) is 11.8. The maximum absolute atomic E-state index is 12.4. The molecule has 0 fully saturated rings. The van der Waals surface area contributed by atoms with Crippen molar-refractivity contribution in [3.8, 4) is 5.75 Å². The van der Waals surface area contributed by atoms with Crippen LogP contribution in [0.4, 0.5) is 0 Å². The second-order valence-electron chi connectivity index (χ2n) is 7.37. The van der Waals surface area contributed by atoms with Crippen LogP contribution in [0.1, 0.15) is 22.3 Å². The summed E-state index contributed by atoms with van der Waals surface area (Å²) in [6, 6.07) is 16.2. The van der Waals surface area contributed by atoms with Crippen molar-refractivity contribution < 1.29 is 27.9 Å². The zero-order valence-electron chi connectivity index (χ0n) is 18.3. The third-order valence-electron chi connectivity index (χ3n) is 4.86. The molecule has 0 saturated heterocycles. The zero-order chi connectivity index (χ0) is 24.4. The van der Waals surface area contributed by atoms with Crippen LogP contribution in [0.5, 0.6) is 5.75 Å². The summed E-state index contributed by atoms with van der Waals surface area (Å²) in [5.74, 6) is -1.34. The van der Waals surface area contributed by atoms with E-state index in [4.69, 9.17) is 4.74 Å². The Morgan fingerprint density at radius 3 is 2.29 bits per heavy atom. The topological polar surface area (TPSA) is 135 Å². The highest BCUT2D eigenvalue weighted by atomic mass is 32.2. The monoisotopic (exact) mass is 483 g/mol. The number of nitrogens with zero attached hydrogens (tertiary/aromatic N) is 1. The van der Waals surface area contributed by atoms with Crippen LogP contribution in [-0.2, 0) is 21.2 Å². The van der Waals surface area contributed by atoms with E-state index in [1.807, 2.05) is 12.1 Å². The molecule has 178 valence electrons. The number of pyridine rings is 1. The molecule has 1 aromatic heterocycles. The fraction of sp³-hybridized carbons (Fsp3) is 0.208. The molecule has 3 rings (SSSR count). The first-order chi connectivity index (χ1) is 16.3. The molecule has 0 aliphatic rings. The number of aliphatic carboxylic acids is 1. The van der Waals surface area contributed by atoms with Crippen molar-refractivity contribution in [3.63, 3.8) is 0 Å². The molecule has 1 amide bonds. The van der Waals surface area contributed by atoms with E-state index in [1.54, 1.807) is 42.7 Å². The van der Waals surface area contributed by atoms with E-state index in [0.29, 0.717) is 17.9 Å². The van der Waals surface area contributed by atoms with Crippen LogP contribution in [0.25, 0.3) is 0 Å². The summed E-state index contributed by atoms with van der Waals surface area (Å²) in [5.41, 5.74) is 1.47. The highest BCUT2D eigenvalue weighted by molar-refractivity contribution is 7.89. The first kappa shape index (κ1) is 24.9. The van der Waals surface area contributed by atoms with Gasteiger partial charge in [-0.2, -0.15) is 4.72 Å². The lowest BCUT2D eigenvalue weighted by Crippen LogP contribution is -2.48. The lowest BCUT2D eigenvalue weighted by molar-refractivity contribution is -0.138. The van der Waals surface area contributed by atoms with Gasteiger partial charge < -0.3 is 15.2 Å². The molecular weight excluding hydrogens is 458 g/mol. The largest absolute Gasteiger partial charge is 0.494 e. The predicted molar refractivity (Wildman–Crippen MR) is 125 cm³/mol. The fourth-order valence-corrected chi connectivity index (χ4v) is 4.26. The van der Waals surface area contributed by atoms with Gasteiger partial charge in [0.1, 0.15) is 11.8 Å². The third-order valence-corrected chi connectivity index (χ3v) is 6.35. The Balaban J connectivity index is 1.48. The molecule has 34 heavy (non-hydrogen) atoms. The lowest BCUT2D eigenvalue weighted by atomic mass is 10.1. The third kappa shape index (κ3) is 7.39. The normalized spacial score (nSPS) is 12.0. The minimum absolute atomic E-state index is 0.0658. The number of carboxylic acids is 1. The van der Waals surface area contributed by atoms with E-state index in [1.165, 1.54) is 29.8 Å². The predicted octanol–water partition coefficient (Wildman–Crippen LogP) is 2.25. The van der Waals surface area contributed by atoms with Crippen LogP contribution in [0.3, 0.4) is 0 Å². The molecule has 0 bridgehead atoms. The number of carbonyl (C=O) groups is 2. The molecule has 9 nitrogen and oxygen atoms in total. The van der Waals surface area contributed by atoms with Crippen molar-refractivity contribution in [1.29, 1.82) is 0 Å². The Morgan fingerprint density at radius 2 is 1.65 bits per heavy atom. The molecule has 0 unspecified atom stereocenters. The highest BCUT2D eigenvalue weighted by Gasteiger charge is 2.26. The summed E-state index contributed by atoms with van der Waals surface area (Å²) < 4.78 is 32.6. The van der Waals surface area contributed by atoms with Crippen molar-refractivity contribution in [3.05, 3.63) is 90.3 Å². The van der Waals surface area contributed by atoms with Crippen LogP contribution in [-0.4, -0.2) is 49.6 Å². The number of aryl methyl sites for hydroxylation is 1. The van der Waals surface area contributed by atoms with Gasteiger partial charge in [0.2, 0.25) is 10.0 Å². The number of amides is 1. The smallest absolute Gasteiger partial charge is 0.323 e. The van der Waals surface area contributed by atoms with Crippen molar-refractivity contribution in [2.75, 3.05) is 13.2 Å². The number of hydrogen-bond acceptors (Lipinski definition) is 6. The van der Waals surface area contributed by atoms with Gasteiger partial charge in [-0.25, -0.2) is 8.42 Å². The van der Waals surface area contributed by atoms with Gasteiger partial charge in [0.25, 0.3) is 5.91 Å². The number of carboxylic acid groups (broad SMARTS) is 1. The summed E-state index contributed by atoms with van der Waals surface area (Å²) in [6.45, 7) is 0.0865. The standard InChI is InChI=1S/C24H25N3O6S/c28-23(26-17-22(24(29)30)27-34(31,32)21-6-2-1-3-7-21)19-8-10-20(11-9-19)33-16-4-5-18-12-14-25-15-13-18/h1-3,6-15,22,27H,4-5,16-17H2,(H,26,28)(H,29,30)/t22-/m0/s1. The minimum Gasteiger partial charge on any atom is -0.494 e. The molecule has 0 radical (unpaired) electrons. The number of carbonyl (C=O) groups excluding carboxylic acids is 1. The number of ether oxygens (including phenoxy) is 1. The first-order valence-corrected chi connectivity index (χ1v) is 12.0. The molecule has 2 aromatic carbocycles. The van der Waals surface area contributed by atoms with Gasteiger partial charge in [-0.3, -0.25) is 14.6 Å². The lowest BCUT2D eigenvalue weighted by Gasteiger charge is -2.16. The van der Waals surface area contributed by atoms with E-state index in [9.17, 15) is 23.1 Å². The molecule has 0 saturated carbocycles. The Labute approximate surface area is 197 Å². The van der Waals surface area contributed by atoms with E-state index >= 15 is 0 Å². The number of aromatic nitrogens is 1. The van der Waals surface area contributed by atoms with Gasteiger partial charge in [0.15, 0.2) is 0 Å². The second kappa shape index (κ2) is 11.9. The molecule has 1 heterocycles. The van der Waals surface area contributed by atoms with Crippen molar-refractivity contribution in [2.45, 2.75) is 23.8 Å². The van der Waals surface area contributed by atoms with E-state index in [0.717, 1.165) is 12.8 Å². The molecule has 1 atom stereocenters. The molecule has 0 spiro atoms. The Bertz CT molecular complexity index is 1190. The quantitative estimate of drug-likeness (QED) is 0.336. The molecule has 10 heteroatoms. The number of rotatable bonds is 12. The van der Waals surface area contributed by atoms with E-state index in [-0.39, 0.29) is 4.90 Å². The number of hydrogen-bond donors (Lipinski definition) is 3. The summed E-state index contributed by atoms with van der Waals surface area (Å²) in [7, 11) is -4.05.